The van der Waals surface area contributed by atoms with Crippen molar-refractivity contribution < 1.29 is 22.7 Å². The van der Waals surface area contributed by atoms with E-state index in [2.05, 4.69) is 40.4 Å². The third-order valence-electron chi connectivity index (χ3n) is 6.26. The van der Waals surface area contributed by atoms with Crippen LogP contribution in [-0.2, 0) is 17.3 Å². The fraction of sp³-hybridized carbons (Fsp3) is 0.458. The van der Waals surface area contributed by atoms with Crippen molar-refractivity contribution in [2.45, 2.75) is 25.1 Å². The summed E-state index contributed by atoms with van der Waals surface area (Å²) in [7, 11) is 2.08. The molecule has 2 aliphatic rings. The topological polar surface area (TPSA) is 44.8 Å². The fourth-order valence-electron chi connectivity index (χ4n) is 4.57. The molecule has 0 saturated carbocycles. The smallest absolute Gasteiger partial charge is 0.379 e. The van der Waals surface area contributed by atoms with Crippen LogP contribution in [0.15, 0.2) is 42.5 Å². The van der Waals surface area contributed by atoms with Gasteiger partial charge in [0.15, 0.2) is 0 Å². The number of amides is 1. The monoisotopic (exact) mass is 447 g/mol. The quantitative estimate of drug-likeness (QED) is 0.756. The van der Waals surface area contributed by atoms with Crippen molar-refractivity contribution in [3.8, 4) is 0 Å². The van der Waals surface area contributed by atoms with Crippen molar-refractivity contribution in [3.63, 3.8) is 0 Å². The number of aryl methyl sites for hydroxylation is 1. The molecule has 1 fully saturated rings. The van der Waals surface area contributed by atoms with Crippen molar-refractivity contribution >= 4 is 11.6 Å². The van der Waals surface area contributed by atoms with Gasteiger partial charge in [-0.3, -0.25) is 9.69 Å². The first kappa shape index (κ1) is 22.6. The number of nitrogens with zero attached hydrogens (tertiary/aromatic N) is 2. The van der Waals surface area contributed by atoms with Crippen molar-refractivity contribution in [1.29, 1.82) is 0 Å². The largest absolute Gasteiger partial charge is 0.417 e. The molecule has 1 atom stereocenters. The number of benzene rings is 2. The summed E-state index contributed by atoms with van der Waals surface area (Å²) in [5.41, 5.74) is 2.27. The maximum atomic E-state index is 13.3. The summed E-state index contributed by atoms with van der Waals surface area (Å²) >= 11 is 0. The van der Waals surface area contributed by atoms with Gasteiger partial charge >= 0.3 is 6.18 Å². The Balaban J connectivity index is 1.57. The highest BCUT2D eigenvalue weighted by Crippen LogP contribution is 2.33. The summed E-state index contributed by atoms with van der Waals surface area (Å²) in [6, 6.07) is 11.1. The lowest BCUT2D eigenvalue weighted by Gasteiger charge is -2.36. The number of nitrogens with one attached hydrogen (secondary N) is 1. The van der Waals surface area contributed by atoms with E-state index < -0.39 is 17.6 Å². The molecule has 2 aromatic rings. The molecule has 0 radical (unpaired) electrons. The molecular weight excluding hydrogens is 419 g/mol. The first-order valence-corrected chi connectivity index (χ1v) is 10.9. The SMILES string of the molecule is CN1CCCc2cc([C@H](CNC(=O)c3ccccc3C(F)(F)F)N3CCOCC3)ccc21. The Hall–Kier alpha value is -2.58. The van der Waals surface area contributed by atoms with Crippen LogP contribution in [0.1, 0.15) is 39.5 Å². The molecule has 2 heterocycles. The average molecular weight is 448 g/mol. The second-order valence-corrected chi connectivity index (χ2v) is 8.33. The van der Waals surface area contributed by atoms with Gasteiger partial charge in [-0.15, -0.1) is 0 Å². The molecular formula is C24H28F3N3O2. The molecule has 1 amide bonds. The van der Waals surface area contributed by atoms with Crippen LogP contribution < -0.4 is 10.2 Å². The second-order valence-electron chi connectivity index (χ2n) is 8.33. The van der Waals surface area contributed by atoms with Crippen molar-refractivity contribution in [3.05, 3.63) is 64.7 Å². The molecule has 0 bridgehead atoms. The molecule has 2 aliphatic heterocycles. The zero-order chi connectivity index (χ0) is 22.7. The molecule has 0 aliphatic carbocycles. The minimum absolute atomic E-state index is 0.140. The number of hydrogen-bond donors (Lipinski definition) is 1. The van der Waals surface area contributed by atoms with E-state index in [-0.39, 0.29) is 18.2 Å². The van der Waals surface area contributed by atoms with Gasteiger partial charge in [0.1, 0.15) is 0 Å². The number of alkyl halides is 3. The van der Waals surface area contributed by atoms with Crippen LogP contribution in [0, 0.1) is 0 Å². The molecule has 0 unspecified atom stereocenters. The molecule has 4 rings (SSSR count). The van der Waals surface area contributed by atoms with Crippen LogP contribution in [0.25, 0.3) is 0 Å². The summed E-state index contributed by atoms with van der Waals surface area (Å²) < 4.78 is 45.5. The molecule has 1 N–H and O–H groups in total. The van der Waals surface area contributed by atoms with Crippen molar-refractivity contribution in [2.75, 3.05) is 51.3 Å². The normalized spacial score (nSPS) is 18.2. The number of fused-ring (bicyclic) bond motifs is 1. The maximum absolute atomic E-state index is 13.3. The first-order valence-electron chi connectivity index (χ1n) is 10.9. The number of carbonyl (C=O) groups is 1. The van der Waals surface area contributed by atoms with E-state index in [1.807, 2.05) is 0 Å². The van der Waals surface area contributed by atoms with Gasteiger partial charge in [0.25, 0.3) is 5.91 Å². The van der Waals surface area contributed by atoms with Crippen LogP contribution >= 0.6 is 0 Å². The first-order chi connectivity index (χ1) is 15.3. The lowest BCUT2D eigenvalue weighted by Crippen LogP contribution is -2.44. The lowest BCUT2D eigenvalue weighted by molar-refractivity contribution is -0.137. The Kier molecular flexibility index (Phi) is 6.71. The van der Waals surface area contributed by atoms with E-state index in [1.165, 1.54) is 29.4 Å². The molecule has 5 nitrogen and oxygen atoms in total. The number of anilines is 1. The molecule has 32 heavy (non-hydrogen) atoms. The molecule has 2 aromatic carbocycles. The van der Waals surface area contributed by atoms with Crippen LogP contribution in [0.4, 0.5) is 18.9 Å². The Labute approximate surface area is 186 Å². The van der Waals surface area contributed by atoms with Crippen LogP contribution in [-0.4, -0.2) is 57.2 Å². The summed E-state index contributed by atoms with van der Waals surface area (Å²) in [4.78, 5) is 17.2. The predicted octanol–water partition coefficient (Wildman–Crippen LogP) is 3.89. The Morgan fingerprint density at radius 1 is 1.12 bits per heavy atom. The Morgan fingerprint density at radius 2 is 1.88 bits per heavy atom. The van der Waals surface area contributed by atoms with Gasteiger partial charge in [-0.05, 0) is 42.2 Å². The zero-order valence-electron chi connectivity index (χ0n) is 18.1. The highest BCUT2D eigenvalue weighted by atomic mass is 19.4. The van der Waals surface area contributed by atoms with Gasteiger partial charge in [0.05, 0.1) is 30.4 Å². The van der Waals surface area contributed by atoms with Crippen LogP contribution in [0.5, 0.6) is 0 Å². The minimum atomic E-state index is -4.58. The Morgan fingerprint density at radius 3 is 2.62 bits per heavy atom. The number of morpholine rings is 1. The summed E-state index contributed by atoms with van der Waals surface area (Å²) in [6.07, 6.45) is -2.50. The fourth-order valence-corrected chi connectivity index (χ4v) is 4.57. The van der Waals surface area contributed by atoms with E-state index in [0.717, 1.165) is 31.0 Å². The molecule has 0 spiro atoms. The molecule has 8 heteroatoms. The van der Waals surface area contributed by atoms with Gasteiger partial charge in [0.2, 0.25) is 0 Å². The highest BCUT2D eigenvalue weighted by molar-refractivity contribution is 5.95. The van der Waals surface area contributed by atoms with Gasteiger partial charge < -0.3 is 15.0 Å². The number of hydrogen-bond acceptors (Lipinski definition) is 4. The highest BCUT2D eigenvalue weighted by Gasteiger charge is 2.35. The van der Waals surface area contributed by atoms with E-state index in [9.17, 15) is 18.0 Å². The van der Waals surface area contributed by atoms with Crippen molar-refractivity contribution in [2.24, 2.45) is 0 Å². The van der Waals surface area contributed by atoms with Crippen LogP contribution in [0.2, 0.25) is 0 Å². The third kappa shape index (κ3) is 4.91. The van der Waals surface area contributed by atoms with Gasteiger partial charge in [-0.2, -0.15) is 13.2 Å². The molecule has 1 saturated heterocycles. The lowest BCUT2D eigenvalue weighted by atomic mass is 9.95. The predicted molar refractivity (Wildman–Crippen MR) is 117 cm³/mol. The minimum Gasteiger partial charge on any atom is -0.379 e. The van der Waals surface area contributed by atoms with E-state index >= 15 is 0 Å². The number of ether oxygens (including phenoxy) is 1. The maximum Gasteiger partial charge on any atom is 0.417 e. The summed E-state index contributed by atoms with van der Waals surface area (Å²) in [5.74, 6) is -0.714. The van der Waals surface area contributed by atoms with Crippen LogP contribution in [0.3, 0.4) is 0 Å². The average Bonchev–Trinajstić information content (AvgIpc) is 2.79. The molecule has 0 aromatic heterocycles. The molecule has 172 valence electrons. The van der Waals surface area contributed by atoms with E-state index in [0.29, 0.717) is 26.3 Å². The number of halogens is 3. The zero-order valence-corrected chi connectivity index (χ0v) is 18.1. The van der Waals surface area contributed by atoms with E-state index in [4.69, 9.17) is 4.74 Å². The number of rotatable bonds is 5. The van der Waals surface area contributed by atoms with Gasteiger partial charge in [0, 0.05) is 38.9 Å². The van der Waals surface area contributed by atoms with Crippen molar-refractivity contribution in [1.82, 2.24) is 10.2 Å². The summed E-state index contributed by atoms with van der Waals surface area (Å²) in [5, 5.41) is 2.76. The second kappa shape index (κ2) is 9.50. The standard InChI is InChI=1S/C24H28F3N3O2/c1-29-10-4-5-17-15-18(8-9-21(17)29)22(30-11-13-32-14-12-30)16-28-23(31)19-6-2-3-7-20(19)24(25,26)27/h2-3,6-9,15,22H,4-5,10-14,16H2,1H3,(H,28,31)/t22-/m0/s1. The summed E-state index contributed by atoms with van der Waals surface area (Å²) in [6.45, 7) is 3.84. The van der Waals surface area contributed by atoms with Gasteiger partial charge in [-0.1, -0.05) is 24.3 Å². The Bertz CT molecular complexity index is 958. The van der Waals surface area contributed by atoms with Gasteiger partial charge in [-0.25, -0.2) is 0 Å². The number of carbonyl (C=O) groups excluding carboxylic acids is 1. The third-order valence-corrected chi connectivity index (χ3v) is 6.26. The van der Waals surface area contributed by atoms with E-state index in [1.54, 1.807) is 0 Å².